The van der Waals surface area contributed by atoms with Crippen molar-refractivity contribution >= 4 is 28.1 Å². The van der Waals surface area contributed by atoms with Gasteiger partial charge >= 0.3 is 0 Å². The molecule has 1 aromatic carbocycles. The second kappa shape index (κ2) is 9.09. The maximum Gasteiger partial charge on any atom is 0.126 e. The molecule has 1 aromatic heterocycles. The Morgan fingerprint density at radius 1 is 1.22 bits per heavy atom. The van der Waals surface area contributed by atoms with E-state index in [1.165, 1.54) is 0 Å². The van der Waals surface area contributed by atoms with Crippen molar-refractivity contribution in [2.24, 2.45) is 0 Å². The summed E-state index contributed by atoms with van der Waals surface area (Å²) in [5, 5.41) is 8.93. The number of pyridine rings is 1. The van der Waals surface area contributed by atoms with Crippen LogP contribution in [-0.4, -0.2) is 24.8 Å². The van der Waals surface area contributed by atoms with Crippen molar-refractivity contribution in [2.75, 3.05) is 19.8 Å². The Labute approximate surface area is 144 Å². The molecule has 0 N–H and O–H groups in total. The quantitative estimate of drug-likeness (QED) is 0.679. The van der Waals surface area contributed by atoms with Crippen LogP contribution in [0.25, 0.3) is 12.2 Å². The number of halogens is 1. The summed E-state index contributed by atoms with van der Waals surface area (Å²) in [4.78, 5) is 4.23. The fraction of sp³-hybridized carbons (Fsp3) is 0.222. The fourth-order valence-electron chi connectivity index (χ4n) is 1.92. The van der Waals surface area contributed by atoms with Crippen molar-refractivity contribution in [3.8, 4) is 11.8 Å². The maximum atomic E-state index is 8.93. The summed E-state index contributed by atoms with van der Waals surface area (Å²) >= 11 is 3.47. The molecule has 0 spiro atoms. The number of hydrogen-bond acceptors (Lipinski definition) is 4. The third kappa shape index (κ3) is 5.51. The molecule has 0 unspecified atom stereocenters. The molecule has 5 heteroatoms. The Kier molecular flexibility index (Phi) is 6.79. The number of benzene rings is 1. The van der Waals surface area contributed by atoms with Gasteiger partial charge in [0.15, 0.2) is 0 Å². The zero-order chi connectivity index (χ0) is 16.5. The number of nitrogens with zero attached hydrogens (tertiary/aromatic N) is 2. The van der Waals surface area contributed by atoms with Crippen LogP contribution in [0, 0.1) is 11.3 Å². The lowest BCUT2D eigenvalue weighted by molar-refractivity contribution is 0.110. The zero-order valence-corrected chi connectivity index (χ0v) is 14.4. The molecule has 0 aliphatic carbocycles. The van der Waals surface area contributed by atoms with Gasteiger partial charge < -0.3 is 9.47 Å². The van der Waals surface area contributed by atoms with Crippen LogP contribution in [0.4, 0.5) is 0 Å². The number of hydrogen-bond donors (Lipinski definition) is 0. The zero-order valence-electron chi connectivity index (χ0n) is 12.8. The van der Waals surface area contributed by atoms with Crippen molar-refractivity contribution < 1.29 is 9.47 Å². The molecule has 0 fully saturated rings. The first-order valence-corrected chi connectivity index (χ1v) is 8.06. The van der Waals surface area contributed by atoms with Gasteiger partial charge in [0, 0.05) is 22.8 Å². The summed E-state index contributed by atoms with van der Waals surface area (Å²) < 4.78 is 12.0. The summed E-state index contributed by atoms with van der Waals surface area (Å²) in [5.41, 5.74) is 2.24. The molecule has 0 saturated heterocycles. The van der Waals surface area contributed by atoms with Gasteiger partial charge in [0.25, 0.3) is 0 Å². The molecule has 23 heavy (non-hydrogen) atoms. The smallest absolute Gasteiger partial charge is 0.126 e. The minimum absolute atomic E-state index is 0.498. The number of aromatic nitrogens is 1. The Morgan fingerprint density at radius 2 is 2.09 bits per heavy atom. The number of nitriles is 1. The SMILES string of the molecule is CCOCCOc1ccc(Br)cc1/C=C/c1cc(C#N)ccn1. The van der Waals surface area contributed by atoms with E-state index in [2.05, 4.69) is 27.0 Å². The first kappa shape index (κ1) is 17.2. The molecule has 4 nitrogen and oxygen atoms in total. The van der Waals surface area contributed by atoms with Crippen LogP contribution in [0.3, 0.4) is 0 Å². The van der Waals surface area contributed by atoms with Gasteiger partial charge in [-0.05, 0) is 49.4 Å². The van der Waals surface area contributed by atoms with Crippen LogP contribution >= 0.6 is 15.9 Å². The van der Waals surface area contributed by atoms with Crippen LogP contribution in [0.1, 0.15) is 23.7 Å². The second-order valence-corrected chi connectivity index (χ2v) is 5.56. The summed E-state index contributed by atoms with van der Waals surface area (Å²) in [6, 6.07) is 11.3. The van der Waals surface area contributed by atoms with E-state index in [-0.39, 0.29) is 0 Å². The molecule has 0 radical (unpaired) electrons. The van der Waals surface area contributed by atoms with Gasteiger partial charge in [0.1, 0.15) is 12.4 Å². The Balaban J connectivity index is 2.15. The highest BCUT2D eigenvalue weighted by atomic mass is 79.9. The topological polar surface area (TPSA) is 55.1 Å². The van der Waals surface area contributed by atoms with Gasteiger partial charge in [0.05, 0.1) is 23.9 Å². The molecule has 1 heterocycles. The summed E-state index contributed by atoms with van der Waals surface area (Å²) in [6.45, 7) is 3.69. The van der Waals surface area contributed by atoms with Gasteiger partial charge in [-0.25, -0.2) is 0 Å². The first-order chi connectivity index (χ1) is 11.2. The van der Waals surface area contributed by atoms with Gasteiger partial charge in [0.2, 0.25) is 0 Å². The average Bonchev–Trinajstić information content (AvgIpc) is 2.58. The van der Waals surface area contributed by atoms with E-state index in [0.717, 1.165) is 21.5 Å². The van der Waals surface area contributed by atoms with E-state index in [1.807, 2.05) is 37.3 Å². The van der Waals surface area contributed by atoms with Gasteiger partial charge in [-0.2, -0.15) is 5.26 Å². The lowest BCUT2D eigenvalue weighted by Crippen LogP contribution is -2.06. The van der Waals surface area contributed by atoms with E-state index in [0.29, 0.717) is 25.4 Å². The lowest BCUT2D eigenvalue weighted by atomic mass is 10.1. The Morgan fingerprint density at radius 3 is 2.87 bits per heavy atom. The van der Waals surface area contributed by atoms with Crippen molar-refractivity contribution in [3.63, 3.8) is 0 Å². The van der Waals surface area contributed by atoms with E-state index in [4.69, 9.17) is 14.7 Å². The van der Waals surface area contributed by atoms with E-state index in [1.54, 1.807) is 18.3 Å². The van der Waals surface area contributed by atoms with Crippen molar-refractivity contribution in [2.45, 2.75) is 6.92 Å². The normalized spacial score (nSPS) is 10.7. The Bertz CT molecular complexity index is 723. The van der Waals surface area contributed by atoms with Gasteiger partial charge in [-0.3, -0.25) is 4.98 Å². The third-order valence-electron chi connectivity index (χ3n) is 3.01. The molecule has 118 valence electrons. The molecule has 0 aliphatic heterocycles. The predicted octanol–water partition coefficient (Wildman–Crippen LogP) is 4.30. The molecule has 0 atom stereocenters. The molecule has 2 rings (SSSR count). The van der Waals surface area contributed by atoms with E-state index in [9.17, 15) is 0 Å². The lowest BCUT2D eigenvalue weighted by Gasteiger charge is -2.09. The van der Waals surface area contributed by atoms with Crippen molar-refractivity contribution in [1.29, 1.82) is 5.26 Å². The van der Waals surface area contributed by atoms with Crippen LogP contribution in [0.5, 0.6) is 5.75 Å². The van der Waals surface area contributed by atoms with E-state index < -0.39 is 0 Å². The molecule has 2 aromatic rings. The minimum Gasteiger partial charge on any atom is -0.491 e. The first-order valence-electron chi connectivity index (χ1n) is 7.27. The third-order valence-corrected chi connectivity index (χ3v) is 3.50. The molecular weight excluding hydrogens is 356 g/mol. The van der Waals surface area contributed by atoms with Crippen molar-refractivity contribution in [3.05, 3.63) is 57.8 Å². The highest BCUT2D eigenvalue weighted by Crippen LogP contribution is 2.25. The largest absolute Gasteiger partial charge is 0.491 e. The Hall–Kier alpha value is -2.16. The van der Waals surface area contributed by atoms with Crippen LogP contribution < -0.4 is 4.74 Å². The van der Waals surface area contributed by atoms with Crippen LogP contribution in [0.2, 0.25) is 0 Å². The highest BCUT2D eigenvalue weighted by molar-refractivity contribution is 9.10. The van der Waals surface area contributed by atoms with Crippen molar-refractivity contribution in [1.82, 2.24) is 4.98 Å². The number of rotatable bonds is 7. The summed E-state index contributed by atoms with van der Waals surface area (Å²) in [5.74, 6) is 0.778. The summed E-state index contributed by atoms with van der Waals surface area (Å²) in [6.07, 6.45) is 5.40. The number of ether oxygens (including phenoxy) is 2. The second-order valence-electron chi connectivity index (χ2n) is 4.64. The van der Waals surface area contributed by atoms with Crippen LogP contribution in [0.15, 0.2) is 41.0 Å². The molecular formula is C18H17BrN2O2. The predicted molar refractivity (Wildman–Crippen MR) is 94.0 cm³/mol. The minimum atomic E-state index is 0.498. The average molecular weight is 373 g/mol. The maximum absolute atomic E-state index is 8.93. The molecule has 0 bridgehead atoms. The molecule has 0 aliphatic rings. The standard InChI is InChI=1S/C18H17BrN2O2/c1-2-22-9-10-23-18-6-4-16(19)12-15(18)3-5-17-11-14(13-20)7-8-21-17/h3-8,11-12H,2,9-10H2,1H3/b5-3+. The monoisotopic (exact) mass is 372 g/mol. The van der Waals surface area contributed by atoms with Gasteiger partial charge in [-0.15, -0.1) is 0 Å². The summed E-state index contributed by atoms with van der Waals surface area (Å²) in [7, 11) is 0. The van der Waals surface area contributed by atoms with Gasteiger partial charge in [-0.1, -0.05) is 15.9 Å². The highest BCUT2D eigenvalue weighted by Gasteiger charge is 2.02. The molecule has 0 amide bonds. The van der Waals surface area contributed by atoms with E-state index >= 15 is 0 Å². The fourth-order valence-corrected chi connectivity index (χ4v) is 2.30. The van der Waals surface area contributed by atoms with Crippen LogP contribution in [-0.2, 0) is 4.74 Å². The molecule has 0 saturated carbocycles.